The fraction of sp³-hybridized carbons (Fsp3) is 0.833. The molecule has 2 nitrogen and oxygen atoms in total. The van der Waals surface area contributed by atoms with E-state index in [-0.39, 0.29) is 11.8 Å². The van der Waals surface area contributed by atoms with Gasteiger partial charge >= 0.3 is 0 Å². The molecule has 0 amide bonds. The summed E-state index contributed by atoms with van der Waals surface area (Å²) in [6, 6.07) is 0. The minimum atomic E-state index is 0.0723. The van der Waals surface area contributed by atoms with Crippen LogP contribution in [0.25, 0.3) is 0 Å². The molecule has 2 heterocycles. The predicted molar refractivity (Wildman–Crippen MR) is 67.4 cm³/mol. The van der Waals surface area contributed by atoms with Gasteiger partial charge in [0.2, 0.25) is 0 Å². The molecule has 1 saturated carbocycles. The average Bonchev–Trinajstić information content (AvgIpc) is 2.67. The molecule has 3 rings (SSSR count). The molecule has 1 aliphatic carbocycles. The number of thioether (sulfide) groups is 2. The largest absolute Gasteiger partial charge is 0.287 e. The van der Waals surface area contributed by atoms with Crippen LogP contribution in [0, 0.1) is 17.8 Å². The van der Waals surface area contributed by atoms with E-state index in [1.807, 2.05) is 0 Å². The van der Waals surface area contributed by atoms with Crippen molar-refractivity contribution in [3.05, 3.63) is 0 Å². The first-order chi connectivity index (χ1) is 7.72. The Morgan fingerprint density at radius 3 is 2.69 bits per heavy atom. The van der Waals surface area contributed by atoms with Gasteiger partial charge in [-0.15, -0.1) is 0 Å². The van der Waals surface area contributed by atoms with Gasteiger partial charge in [0, 0.05) is 10.5 Å². The smallest absolute Gasteiger partial charge is 0.194 e. The van der Waals surface area contributed by atoms with E-state index >= 15 is 0 Å². The Labute approximate surface area is 104 Å². The van der Waals surface area contributed by atoms with Crippen molar-refractivity contribution in [2.75, 3.05) is 0 Å². The van der Waals surface area contributed by atoms with Gasteiger partial charge < -0.3 is 0 Å². The lowest BCUT2D eigenvalue weighted by atomic mass is 9.73. The first-order valence-electron chi connectivity index (χ1n) is 6.13. The average molecular weight is 256 g/mol. The zero-order chi connectivity index (χ0) is 11.3. The quantitative estimate of drug-likeness (QED) is 0.777. The van der Waals surface area contributed by atoms with Crippen molar-refractivity contribution in [1.82, 2.24) is 0 Å². The first kappa shape index (κ1) is 11.1. The van der Waals surface area contributed by atoms with Gasteiger partial charge in [0.05, 0.1) is 11.8 Å². The highest BCUT2D eigenvalue weighted by Crippen LogP contribution is 2.60. The van der Waals surface area contributed by atoms with Crippen LogP contribution in [-0.2, 0) is 9.59 Å². The summed E-state index contributed by atoms with van der Waals surface area (Å²) >= 11 is 2.96. The first-order valence-corrected chi connectivity index (χ1v) is 7.89. The SMILES string of the molecule is CCCCC1CC2SC(=O)C3C1SC(=O)C23. The summed E-state index contributed by atoms with van der Waals surface area (Å²) < 4.78 is 0. The van der Waals surface area contributed by atoms with Gasteiger partial charge in [0.1, 0.15) is 0 Å². The van der Waals surface area contributed by atoms with E-state index in [9.17, 15) is 9.59 Å². The van der Waals surface area contributed by atoms with Gasteiger partial charge in [-0.05, 0) is 18.8 Å². The summed E-state index contributed by atoms with van der Waals surface area (Å²) in [7, 11) is 0. The summed E-state index contributed by atoms with van der Waals surface area (Å²) in [4.78, 5) is 23.8. The molecule has 0 aromatic heterocycles. The Morgan fingerprint density at radius 2 is 1.94 bits per heavy atom. The van der Waals surface area contributed by atoms with Crippen molar-refractivity contribution >= 4 is 33.8 Å². The van der Waals surface area contributed by atoms with E-state index in [2.05, 4.69) is 6.92 Å². The number of unbranched alkanes of at least 4 members (excludes halogenated alkanes) is 1. The molecular weight excluding hydrogens is 240 g/mol. The van der Waals surface area contributed by atoms with E-state index < -0.39 is 0 Å². The number of hydrogen-bond donors (Lipinski definition) is 0. The number of rotatable bonds is 3. The van der Waals surface area contributed by atoms with Gasteiger partial charge in [-0.25, -0.2) is 0 Å². The maximum Gasteiger partial charge on any atom is 0.194 e. The van der Waals surface area contributed by atoms with Crippen LogP contribution >= 0.6 is 23.5 Å². The minimum Gasteiger partial charge on any atom is -0.287 e. The molecule has 3 aliphatic rings. The Kier molecular flexibility index (Phi) is 2.83. The van der Waals surface area contributed by atoms with Crippen molar-refractivity contribution in [3.63, 3.8) is 0 Å². The Bertz CT molecular complexity index is 340. The Balaban J connectivity index is 1.83. The van der Waals surface area contributed by atoms with E-state index in [1.165, 1.54) is 42.8 Å². The van der Waals surface area contributed by atoms with Crippen molar-refractivity contribution in [1.29, 1.82) is 0 Å². The van der Waals surface area contributed by atoms with Crippen LogP contribution < -0.4 is 0 Å². The standard InChI is InChI=1S/C12H16O2S2/c1-2-3-4-6-5-7-8-9(12(14)15-7)10(6)16-11(8)13/h6-10H,2-5H2,1H3. The van der Waals surface area contributed by atoms with Crippen molar-refractivity contribution in [3.8, 4) is 0 Å². The third kappa shape index (κ3) is 1.49. The summed E-state index contributed by atoms with van der Waals surface area (Å²) in [5.41, 5.74) is 0. The van der Waals surface area contributed by atoms with Crippen molar-refractivity contribution < 1.29 is 9.59 Å². The van der Waals surface area contributed by atoms with Crippen LogP contribution in [0.2, 0.25) is 0 Å². The van der Waals surface area contributed by atoms with E-state index in [0.717, 1.165) is 6.42 Å². The van der Waals surface area contributed by atoms with Crippen molar-refractivity contribution in [2.45, 2.75) is 43.1 Å². The molecule has 0 N–H and O–H groups in total. The molecule has 4 heteroatoms. The van der Waals surface area contributed by atoms with Crippen LogP contribution in [0.15, 0.2) is 0 Å². The number of carbonyl (C=O) groups excluding carboxylic acids is 2. The fourth-order valence-electron chi connectivity index (χ4n) is 3.37. The zero-order valence-corrected chi connectivity index (χ0v) is 11.0. The molecule has 2 saturated heterocycles. The van der Waals surface area contributed by atoms with Crippen LogP contribution in [0.5, 0.6) is 0 Å². The highest BCUT2D eigenvalue weighted by Gasteiger charge is 2.61. The van der Waals surface area contributed by atoms with Crippen LogP contribution in [0.4, 0.5) is 0 Å². The second-order valence-corrected chi connectivity index (χ2v) is 7.49. The normalized spacial score (nSPS) is 45.4. The second kappa shape index (κ2) is 4.05. The predicted octanol–water partition coefficient (Wildman–Crippen LogP) is 2.71. The number of carbonyl (C=O) groups is 2. The molecule has 16 heavy (non-hydrogen) atoms. The molecule has 2 aliphatic heterocycles. The van der Waals surface area contributed by atoms with E-state index in [0.29, 0.717) is 26.6 Å². The summed E-state index contributed by atoms with van der Waals surface area (Å²) in [6.45, 7) is 2.20. The molecule has 0 aromatic carbocycles. The van der Waals surface area contributed by atoms with Crippen LogP contribution in [0.3, 0.4) is 0 Å². The summed E-state index contributed by atoms with van der Waals surface area (Å²) in [5.74, 6) is 0.759. The summed E-state index contributed by atoms with van der Waals surface area (Å²) in [6.07, 6.45) is 4.75. The number of hydrogen-bond acceptors (Lipinski definition) is 4. The Hall–Kier alpha value is 0.0400. The molecule has 5 unspecified atom stereocenters. The van der Waals surface area contributed by atoms with Crippen LogP contribution in [-0.4, -0.2) is 20.7 Å². The van der Waals surface area contributed by atoms with Crippen LogP contribution in [0.1, 0.15) is 32.6 Å². The van der Waals surface area contributed by atoms with Gasteiger partial charge in [-0.2, -0.15) is 0 Å². The zero-order valence-electron chi connectivity index (χ0n) is 9.35. The molecule has 0 aromatic rings. The molecular formula is C12H16O2S2. The van der Waals surface area contributed by atoms with E-state index in [4.69, 9.17) is 0 Å². The highest BCUT2D eigenvalue weighted by molar-refractivity contribution is 8.17. The third-order valence-electron chi connectivity index (χ3n) is 4.13. The molecule has 5 atom stereocenters. The second-order valence-electron chi connectivity index (χ2n) is 5.07. The van der Waals surface area contributed by atoms with Gasteiger partial charge in [-0.3, -0.25) is 9.59 Å². The molecule has 0 radical (unpaired) electrons. The topological polar surface area (TPSA) is 34.1 Å². The molecule has 4 bridgehead atoms. The lowest BCUT2D eigenvalue weighted by molar-refractivity contribution is -0.121. The maximum absolute atomic E-state index is 11.9. The highest BCUT2D eigenvalue weighted by atomic mass is 32.2. The van der Waals surface area contributed by atoms with E-state index in [1.54, 1.807) is 0 Å². The fourth-order valence-corrected chi connectivity index (χ4v) is 6.69. The third-order valence-corrected chi connectivity index (χ3v) is 6.88. The molecule has 0 spiro atoms. The molecule has 88 valence electrons. The minimum absolute atomic E-state index is 0.0723. The lowest BCUT2D eigenvalue weighted by Crippen LogP contribution is -2.36. The molecule has 3 fully saturated rings. The van der Waals surface area contributed by atoms with Gasteiger partial charge in [-0.1, -0.05) is 43.3 Å². The summed E-state index contributed by atoms with van der Waals surface area (Å²) in [5, 5.41) is 1.25. The van der Waals surface area contributed by atoms with Crippen molar-refractivity contribution in [2.24, 2.45) is 17.8 Å². The maximum atomic E-state index is 11.9. The van der Waals surface area contributed by atoms with Gasteiger partial charge in [0.15, 0.2) is 10.2 Å². The lowest BCUT2D eigenvalue weighted by Gasteiger charge is -2.31. The van der Waals surface area contributed by atoms with Gasteiger partial charge in [0.25, 0.3) is 0 Å². The Morgan fingerprint density at radius 1 is 1.19 bits per heavy atom. The monoisotopic (exact) mass is 256 g/mol.